The fraction of sp³-hybridized carbons (Fsp3) is 0.115. The molecule has 8 rings (SSSR count). The topological polar surface area (TPSA) is 0 Å². The normalized spacial score (nSPS) is 13.2. The van der Waals surface area contributed by atoms with Crippen LogP contribution in [0.4, 0.5) is 0 Å². The molecule has 0 aromatic heterocycles. The van der Waals surface area contributed by atoms with Gasteiger partial charge in [0.05, 0.1) is 0 Å². The van der Waals surface area contributed by atoms with Crippen molar-refractivity contribution in [2.75, 3.05) is 0 Å². The Morgan fingerprint density at radius 3 is 1.56 bits per heavy atom. The highest BCUT2D eigenvalue weighted by Gasteiger charge is 2.19. The zero-order chi connectivity index (χ0) is 35.4. The molecule has 0 N–H and O–H groups in total. The third-order valence-corrected chi connectivity index (χ3v) is 10.9. The van der Waals surface area contributed by atoms with Crippen molar-refractivity contribution in [3.63, 3.8) is 0 Å². The molecule has 0 amide bonds. The Hall–Kier alpha value is -5.98. The molecule has 0 fully saturated rings. The molecule has 2 unspecified atom stereocenters. The van der Waals surface area contributed by atoms with Crippen LogP contribution in [0.1, 0.15) is 44.2 Å². The van der Waals surface area contributed by atoms with Crippen LogP contribution in [-0.4, -0.2) is 0 Å². The molecule has 8 aromatic carbocycles. The van der Waals surface area contributed by atoms with Gasteiger partial charge in [-0.15, -0.1) is 0 Å². The second-order valence-electron chi connectivity index (χ2n) is 14.0. The van der Waals surface area contributed by atoms with Gasteiger partial charge in [0, 0.05) is 0 Å². The molecule has 252 valence electrons. The fourth-order valence-electron chi connectivity index (χ4n) is 7.91. The number of hydrogen-bond donors (Lipinski definition) is 0. The molecule has 0 aliphatic carbocycles. The molecule has 0 spiro atoms. The Morgan fingerprint density at radius 2 is 0.962 bits per heavy atom. The summed E-state index contributed by atoms with van der Waals surface area (Å²) in [7, 11) is 0. The fourth-order valence-corrected chi connectivity index (χ4v) is 7.91. The number of rotatable bonds is 9. The highest BCUT2D eigenvalue weighted by atomic mass is 14.2. The average molecular weight is 669 g/mol. The maximum Gasteiger partial charge on any atom is -0.000732 e. The maximum absolute atomic E-state index is 2.34. The summed E-state index contributed by atoms with van der Waals surface area (Å²) in [6, 6.07) is 62.3. The molecule has 0 nitrogen and oxygen atoms in total. The first-order valence-corrected chi connectivity index (χ1v) is 18.7. The lowest BCUT2D eigenvalue weighted by atomic mass is 9.83. The number of benzene rings is 8. The molecular formula is C52H44. The van der Waals surface area contributed by atoms with E-state index < -0.39 is 0 Å². The van der Waals surface area contributed by atoms with Crippen LogP contribution in [0.15, 0.2) is 188 Å². The second kappa shape index (κ2) is 14.7. The van der Waals surface area contributed by atoms with E-state index in [1.54, 1.807) is 0 Å². The first kappa shape index (κ1) is 33.2. The smallest absolute Gasteiger partial charge is 0.000732 e. The molecule has 2 atom stereocenters. The van der Waals surface area contributed by atoms with Gasteiger partial charge in [-0.1, -0.05) is 209 Å². The Morgan fingerprint density at radius 1 is 0.462 bits per heavy atom. The van der Waals surface area contributed by atoms with E-state index in [-0.39, 0.29) is 0 Å². The van der Waals surface area contributed by atoms with Crippen molar-refractivity contribution < 1.29 is 0 Å². The van der Waals surface area contributed by atoms with Gasteiger partial charge in [-0.05, 0) is 101 Å². The van der Waals surface area contributed by atoms with E-state index in [1.165, 1.54) is 82.4 Å². The Labute approximate surface area is 308 Å². The van der Waals surface area contributed by atoms with E-state index in [2.05, 4.69) is 209 Å². The van der Waals surface area contributed by atoms with Gasteiger partial charge < -0.3 is 0 Å². The molecule has 0 heterocycles. The van der Waals surface area contributed by atoms with Crippen LogP contribution in [-0.2, 0) is 0 Å². The molecule has 0 aliphatic heterocycles. The molecule has 0 aliphatic rings. The summed E-state index contributed by atoms with van der Waals surface area (Å²) in [5.41, 5.74) is 11.6. The molecule has 0 radical (unpaired) electrons. The van der Waals surface area contributed by atoms with Crippen molar-refractivity contribution in [1.82, 2.24) is 0 Å². The molecule has 0 bridgehead atoms. The lowest BCUT2D eigenvalue weighted by molar-refractivity contribution is 0.717. The lowest BCUT2D eigenvalue weighted by Crippen LogP contribution is -1.98. The van der Waals surface area contributed by atoms with Crippen molar-refractivity contribution >= 4 is 37.9 Å². The molecular weight excluding hydrogens is 625 g/mol. The average Bonchev–Trinajstić information content (AvgIpc) is 3.21. The van der Waals surface area contributed by atoms with Gasteiger partial charge in [-0.3, -0.25) is 0 Å². The minimum Gasteiger partial charge on any atom is -0.0773 e. The van der Waals surface area contributed by atoms with Crippen molar-refractivity contribution in [3.8, 4) is 33.4 Å². The van der Waals surface area contributed by atoms with E-state index in [4.69, 9.17) is 0 Å². The molecule has 0 heteroatoms. The Bertz CT molecular complexity index is 2490. The van der Waals surface area contributed by atoms with Crippen molar-refractivity contribution in [2.45, 2.75) is 33.1 Å². The standard InChI is InChI=1S/C52H44/c1-4-36(2)42(27-15-18-37(3)38-19-7-5-8-20-38)40-32-34-41(35-33-40)51-47-23-11-13-25-49(47)52(50-26-14-12-24-48(50)51)46-31-17-29-44-43(28-16-30-45(44)46)39-21-9-6-10-22-39/h5-37H,4H2,1-3H3/b18-15-,42-27+. The van der Waals surface area contributed by atoms with Crippen molar-refractivity contribution in [2.24, 2.45) is 5.92 Å². The largest absolute Gasteiger partial charge is 0.0773 e. The van der Waals surface area contributed by atoms with Crippen LogP contribution in [0, 0.1) is 5.92 Å². The van der Waals surface area contributed by atoms with Crippen molar-refractivity contribution in [1.29, 1.82) is 0 Å². The van der Waals surface area contributed by atoms with Gasteiger partial charge in [0.2, 0.25) is 0 Å². The predicted molar refractivity (Wildman–Crippen MR) is 227 cm³/mol. The van der Waals surface area contributed by atoms with Gasteiger partial charge in [0.1, 0.15) is 0 Å². The van der Waals surface area contributed by atoms with Crippen LogP contribution in [0.5, 0.6) is 0 Å². The Balaban J connectivity index is 1.25. The zero-order valence-corrected chi connectivity index (χ0v) is 30.3. The zero-order valence-electron chi connectivity index (χ0n) is 30.3. The van der Waals surface area contributed by atoms with E-state index in [0.29, 0.717) is 11.8 Å². The first-order chi connectivity index (χ1) is 25.6. The number of allylic oxidation sites excluding steroid dienone is 4. The van der Waals surface area contributed by atoms with Crippen molar-refractivity contribution in [3.05, 3.63) is 199 Å². The molecule has 0 saturated carbocycles. The predicted octanol–water partition coefficient (Wildman–Crippen LogP) is 14.9. The summed E-state index contributed by atoms with van der Waals surface area (Å²) >= 11 is 0. The third kappa shape index (κ3) is 6.27. The van der Waals surface area contributed by atoms with Crippen LogP contribution in [0.3, 0.4) is 0 Å². The van der Waals surface area contributed by atoms with Gasteiger partial charge in [0.25, 0.3) is 0 Å². The summed E-state index contributed by atoms with van der Waals surface area (Å²) in [6.45, 7) is 6.88. The van der Waals surface area contributed by atoms with Crippen LogP contribution >= 0.6 is 0 Å². The molecule has 52 heavy (non-hydrogen) atoms. The molecule has 8 aromatic rings. The SMILES string of the molecule is CCC(C)/C(=C\C=C/C(C)c1ccccc1)c1ccc(-c2c3ccccc3c(-c3cccc4c(-c5ccccc5)cccc34)c3ccccc23)cc1. The van der Waals surface area contributed by atoms with Crippen LogP contribution < -0.4 is 0 Å². The summed E-state index contributed by atoms with van der Waals surface area (Å²) in [6.07, 6.45) is 7.98. The van der Waals surface area contributed by atoms with Gasteiger partial charge >= 0.3 is 0 Å². The first-order valence-electron chi connectivity index (χ1n) is 18.7. The highest BCUT2D eigenvalue weighted by Crippen LogP contribution is 2.46. The molecule has 0 saturated heterocycles. The van der Waals surface area contributed by atoms with Gasteiger partial charge in [-0.25, -0.2) is 0 Å². The van der Waals surface area contributed by atoms with E-state index >= 15 is 0 Å². The lowest BCUT2D eigenvalue weighted by Gasteiger charge is -2.20. The summed E-state index contributed by atoms with van der Waals surface area (Å²) in [5, 5.41) is 7.64. The second-order valence-corrected chi connectivity index (χ2v) is 14.0. The van der Waals surface area contributed by atoms with E-state index in [0.717, 1.165) is 6.42 Å². The summed E-state index contributed by atoms with van der Waals surface area (Å²) in [5.74, 6) is 0.814. The van der Waals surface area contributed by atoms with Gasteiger partial charge in [0.15, 0.2) is 0 Å². The number of hydrogen-bond acceptors (Lipinski definition) is 0. The minimum absolute atomic E-state index is 0.363. The highest BCUT2D eigenvalue weighted by molar-refractivity contribution is 6.24. The third-order valence-electron chi connectivity index (χ3n) is 10.9. The minimum atomic E-state index is 0.363. The number of fused-ring (bicyclic) bond motifs is 3. The van der Waals surface area contributed by atoms with Crippen LogP contribution in [0.2, 0.25) is 0 Å². The van der Waals surface area contributed by atoms with Gasteiger partial charge in [-0.2, -0.15) is 0 Å². The van der Waals surface area contributed by atoms with E-state index in [1.807, 2.05) is 0 Å². The summed E-state index contributed by atoms with van der Waals surface area (Å²) < 4.78 is 0. The van der Waals surface area contributed by atoms with Crippen LogP contribution in [0.25, 0.3) is 71.3 Å². The monoisotopic (exact) mass is 668 g/mol. The Kier molecular flexibility index (Phi) is 9.38. The van der Waals surface area contributed by atoms with E-state index in [9.17, 15) is 0 Å². The summed E-state index contributed by atoms with van der Waals surface area (Å²) in [4.78, 5) is 0. The maximum atomic E-state index is 2.34. The quantitative estimate of drug-likeness (QED) is 0.106.